The van der Waals surface area contributed by atoms with E-state index >= 15 is 0 Å². The third-order valence-electron chi connectivity index (χ3n) is 4.55. The van der Waals surface area contributed by atoms with Crippen LogP contribution in [-0.4, -0.2) is 27.3 Å². The molecule has 1 atom stereocenters. The number of carbonyl (C=O) groups is 1. The largest absolute Gasteiger partial charge is 0.494 e. The number of aromatic nitrogens is 3. The molecule has 1 heterocycles. The molecular formula is C21H22Cl2N4O2S. The monoisotopic (exact) mass is 464 g/mol. The van der Waals surface area contributed by atoms with Gasteiger partial charge in [0.1, 0.15) is 5.75 Å². The lowest BCUT2D eigenvalue weighted by Crippen LogP contribution is -2.27. The highest BCUT2D eigenvalue weighted by atomic mass is 35.5. The van der Waals surface area contributed by atoms with Gasteiger partial charge in [-0.2, -0.15) is 5.10 Å². The Morgan fingerprint density at radius 3 is 2.67 bits per heavy atom. The van der Waals surface area contributed by atoms with Gasteiger partial charge in [-0.05, 0) is 68.0 Å². The molecule has 1 amide bonds. The molecule has 6 nitrogen and oxygen atoms in total. The Morgan fingerprint density at radius 1 is 1.27 bits per heavy atom. The van der Waals surface area contributed by atoms with Crippen molar-refractivity contribution >= 4 is 41.3 Å². The minimum atomic E-state index is -0.245. The van der Waals surface area contributed by atoms with Gasteiger partial charge in [0, 0.05) is 28.6 Å². The van der Waals surface area contributed by atoms with Crippen LogP contribution in [0.15, 0.2) is 42.5 Å². The summed E-state index contributed by atoms with van der Waals surface area (Å²) in [5.41, 5.74) is 1.69. The summed E-state index contributed by atoms with van der Waals surface area (Å²) in [7, 11) is 0. The van der Waals surface area contributed by atoms with Crippen LogP contribution in [0.2, 0.25) is 10.0 Å². The van der Waals surface area contributed by atoms with Gasteiger partial charge in [-0.3, -0.25) is 14.5 Å². The van der Waals surface area contributed by atoms with Gasteiger partial charge in [0.25, 0.3) is 0 Å². The molecule has 9 heteroatoms. The smallest absolute Gasteiger partial charge is 0.222 e. The first-order valence-corrected chi connectivity index (χ1v) is 10.7. The van der Waals surface area contributed by atoms with Crippen LogP contribution in [0.4, 0.5) is 0 Å². The Hall–Kier alpha value is -2.35. The van der Waals surface area contributed by atoms with Crippen LogP contribution in [0, 0.1) is 4.77 Å². The summed E-state index contributed by atoms with van der Waals surface area (Å²) in [6.07, 6.45) is 0.243. The van der Waals surface area contributed by atoms with E-state index in [2.05, 4.69) is 15.5 Å². The first-order valence-electron chi connectivity index (χ1n) is 9.51. The number of aromatic amines is 1. The van der Waals surface area contributed by atoms with Crippen molar-refractivity contribution in [2.45, 2.75) is 32.9 Å². The standard InChI is InChI=1S/C21H22Cl2N4O2S/c1-3-29-16-7-4-14(5-8-16)20-25-26-21(30)27(20)11-10-19(28)24-13(2)17-9-6-15(22)12-18(17)23/h4-9,12-13H,3,10-11H2,1-2H3,(H,24,28)(H,26,30). The van der Waals surface area contributed by atoms with Crippen molar-refractivity contribution < 1.29 is 9.53 Å². The molecule has 0 saturated heterocycles. The van der Waals surface area contributed by atoms with Crippen LogP contribution < -0.4 is 10.1 Å². The highest BCUT2D eigenvalue weighted by Crippen LogP contribution is 2.26. The Kier molecular flexibility index (Phi) is 7.53. The van der Waals surface area contributed by atoms with Gasteiger partial charge < -0.3 is 10.1 Å². The number of benzene rings is 2. The van der Waals surface area contributed by atoms with Gasteiger partial charge >= 0.3 is 0 Å². The number of nitrogens with zero attached hydrogens (tertiary/aromatic N) is 2. The Bertz CT molecular complexity index is 1080. The summed E-state index contributed by atoms with van der Waals surface area (Å²) in [5, 5.41) is 11.1. The van der Waals surface area contributed by atoms with Gasteiger partial charge in [-0.25, -0.2) is 0 Å². The topological polar surface area (TPSA) is 71.9 Å². The molecule has 0 saturated carbocycles. The van der Waals surface area contributed by atoms with Crippen molar-refractivity contribution in [1.29, 1.82) is 0 Å². The highest BCUT2D eigenvalue weighted by Gasteiger charge is 2.15. The van der Waals surface area contributed by atoms with Crippen LogP contribution in [0.5, 0.6) is 5.75 Å². The molecule has 0 bridgehead atoms. The predicted molar refractivity (Wildman–Crippen MR) is 122 cm³/mol. The van der Waals surface area contributed by atoms with E-state index in [1.54, 1.807) is 12.1 Å². The van der Waals surface area contributed by atoms with Crippen LogP contribution >= 0.6 is 35.4 Å². The average Bonchev–Trinajstić information content (AvgIpc) is 3.07. The highest BCUT2D eigenvalue weighted by molar-refractivity contribution is 7.71. The molecule has 0 aliphatic carbocycles. The van der Waals surface area contributed by atoms with Gasteiger partial charge in [0.15, 0.2) is 10.6 Å². The van der Waals surface area contributed by atoms with Crippen LogP contribution in [-0.2, 0) is 11.3 Å². The van der Waals surface area contributed by atoms with E-state index in [1.807, 2.05) is 48.7 Å². The van der Waals surface area contributed by atoms with E-state index in [4.69, 9.17) is 40.2 Å². The predicted octanol–water partition coefficient (Wildman–Crippen LogP) is 5.58. The molecule has 1 unspecified atom stereocenters. The zero-order valence-corrected chi connectivity index (χ0v) is 18.9. The molecule has 0 fully saturated rings. The second kappa shape index (κ2) is 10.1. The maximum absolute atomic E-state index is 12.5. The van der Waals surface area contributed by atoms with Crippen LogP contribution in [0.1, 0.15) is 31.9 Å². The van der Waals surface area contributed by atoms with E-state index in [9.17, 15) is 4.79 Å². The number of H-pyrrole nitrogens is 1. The molecule has 2 aromatic carbocycles. The molecule has 2 N–H and O–H groups in total. The minimum Gasteiger partial charge on any atom is -0.494 e. The molecule has 0 radical (unpaired) electrons. The molecule has 0 aliphatic heterocycles. The van der Waals surface area contributed by atoms with E-state index in [1.165, 1.54) is 0 Å². The number of ether oxygens (including phenoxy) is 1. The number of amides is 1. The second-order valence-electron chi connectivity index (χ2n) is 6.67. The van der Waals surface area contributed by atoms with E-state index in [-0.39, 0.29) is 18.4 Å². The van der Waals surface area contributed by atoms with Crippen molar-refractivity contribution in [3.63, 3.8) is 0 Å². The number of rotatable bonds is 8. The molecule has 1 aromatic heterocycles. The van der Waals surface area contributed by atoms with Gasteiger partial charge in [-0.15, -0.1) is 0 Å². The first kappa shape index (κ1) is 22.3. The van der Waals surface area contributed by atoms with Gasteiger partial charge in [0.05, 0.1) is 12.6 Å². The van der Waals surface area contributed by atoms with Crippen LogP contribution in [0.3, 0.4) is 0 Å². The average molecular weight is 465 g/mol. The summed E-state index contributed by atoms with van der Waals surface area (Å²) in [6.45, 7) is 4.81. The van der Waals surface area contributed by atoms with E-state index in [0.29, 0.717) is 33.8 Å². The number of halogens is 2. The molecule has 3 rings (SSSR count). The first-order chi connectivity index (χ1) is 14.4. The molecule has 0 spiro atoms. The van der Waals surface area contributed by atoms with Crippen molar-refractivity contribution in [3.05, 3.63) is 62.8 Å². The van der Waals surface area contributed by atoms with Gasteiger partial charge in [-0.1, -0.05) is 29.3 Å². The Labute approximate surface area is 190 Å². The summed E-state index contributed by atoms with van der Waals surface area (Å²) >= 11 is 17.5. The zero-order chi connectivity index (χ0) is 21.7. The summed E-state index contributed by atoms with van der Waals surface area (Å²) in [4.78, 5) is 12.5. The second-order valence-corrected chi connectivity index (χ2v) is 7.90. The van der Waals surface area contributed by atoms with Crippen molar-refractivity contribution in [2.24, 2.45) is 0 Å². The lowest BCUT2D eigenvalue weighted by molar-refractivity contribution is -0.121. The quantitative estimate of drug-likeness (QED) is 0.426. The third kappa shape index (κ3) is 5.41. The molecule has 30 heavy (non-hydrogen) atoms. The zero-order valence-electron chi connectivity index (χ0n) is 16.6. The number of nitrogens with one attached hydrogen (secondary N) is 2. The molecule has 0 aliphatic rings. The fourth-order valence-corrected chi connectivity index (χ4v) is 3.87. The maximum atomic E-state index is 12.5. The van der Waals surface area contributed by atoms with E-state index < -0.39 is 0 Å². The normalized spacial score (nSPS) is 11.9. The summed E-state index contributed by atoms with van der Waals surface area (Å²) in [6, 6.07) is 12.6. The van der Waals surface area contributed by atoms with E-state index in [0.717, 1.165) is 16.9 Å². The third-order valence-corrected chi connectivity index (χ3v) is 5.42. The SMILES string of the molecule is CCOc1ccc(-c2n[nH]c(=S)n2CCC(=O)NC(C)c2ccc(Cl)cc2Cl)cc1. The number of carbonyl (C=O) groups excluding carboxylic acids is 1. The Balaban J connectivity index is 1.66. The van der Waals surface area contributed by atoms with Gasteiger partial charge in [0.2, 0.25) is 5.91 Å². The molecule has 158 valence electrons. The minimum absolute atomic E-state index is 0.116. The maximum Gasteiger partial charge on any atom is 0.222 e. The van der Waals surface area contributed by atoms with Crippen LogP contribution in [0.25, 0.3) is 11.4 Å². The lowest BCUT2D eigenvalue weighted by atomic mass is 10.1. The van der Waals surface area contributed by atoms with Crippen molar-refractivity contribution in [2.75, 3.05) is 6.61 Å². The summed E-state index contributed by atoms with van der Waals surface area (Å²) < 4.78 is 7.74. The number of hydrogen-bond acceptors (Lipinski definition) is 4. The lowest BCUT2D eigenvalue weighted by Gasteiger charge is -2.16. The molecule has 3 aromatic rings. The summed E-state index contributed by atoms with van der Waals surface area (Å²) in [5.74, 6) is 1.34. The fraction of sp³-hybridized carbons (Fsp3) is 0.286. The number of hydrogen-bond donors (Lipinski definition) is 2. The molecular weight excluding hydrogens is 443 g/mol. The fourth-order valence-electron chi connectivity index (χ4n) is 3.07. The van der Waals surface area contributed by atoms with Crippen molar-refractivity contribution in [1.82, 2.24) is 20.1 Å². The Morgan fingerprint density at radius 2 is 2.00 bits per heavy atom. The van der Waals surface area contributed by atoms with Crippen molar-refractivity contribution in [3.8, 4) is 17.1 Å².